The summed E-state index contributed by atoms with van der Waals surface area (Å²) >= 11 is 0. The molecule has 0 bridgehead atoms. The molecule has 0 unspecified atom stereocenters. The molecule has 1 heterocycles. The summed E-state index contributed by atoms with van der Waals surface area (Å²) < 4.78 is 16.5. The first kappa shape index (κ1) is 19.2. The van der Waals surface area contributed by atoms with E-state index in [1.54, 1.807) is 24.3 Å². The highest BCUT2D eigenvalue weighted by Crippen LogP contribution is 2.25. The lowest BCUT2D eigenvalue weighted by atomic mass is 10.2. The molecule has 0 spiro atoms. The predicted octanol–water partition coefficient (Wildman–Crippen LogP) is 4.32. The Labute approximate surface area is 163 Å². The predicted molar refractivity (Wildman–Crippen MR) is 105 cm³/mol. The zero-order valence-corrected chi connectivity index (χ0v) is 15.7. The molecule has 3 aromatic rings. The summed E-state index contributed by atoms with van der Waals surface area (Å²) in [5.74, 6) is 1.33. The molecule has 0 radical (unpaired) electrons. The Kier molecular flexibility index (Phi) is 6.41. The maximum absolute atomic E-state index is 12.6. The van der Waals surface area contributed by atoms with Crippen molar-refractivity contribution in [1.29, 1.82) is 0 Å². The van der Waals surface area contributed by atoms with Crippen LogP contribution in [0.4, 0.5) is 5.69 Å². The summed E-state index contributed by atoms with van der Waals surface area (Å²) in [7, 11) is 0. The summed E-state index contributed by atoms with van der Waals surface area (Å²) in [4.78, 5) is 20.8. The minimum atomic E-state index is -0.306. The van der Waals surface area contributed by atoms with Crippen LogP contribution in [0.5, 0.6) is 23.4 Å². The highest BCUT2D eigenvalue weighted by molar-refractivity contribution is 6.04. The van der Waals surface area contributed by atoms with E-state index in [1.807, 2.05) is 44.2 Å². The number of ether oxygens (including phenoxy) is 3. The molecule has 0 saturated heterocycles. The van der Waals surface area contributed by atoms with E-state index in [0.717, 1.165) is 5.75 Å². The topological polar surface area (TPSA) is 82.6 Å². The van der Waals surface area contributed by atoms with Crippen molar-refractivity contribution >= 4 is 11.6 Å². The fourth-order valence-corrected chi connectivity index (χ4v) is 2.38. The van der Waals surface area contributed by atoms with Crippen molar-refractivity contribution in [2.45, 2.75) is 13.8 Å². The maximum Gasteiger partial charge on any atom is 0.319 e. The van der Waals surface area contributed by atoms with E-state index in [1.165, 1.54) is 6.20 Å². The van der Waals surface area contributed by atoms with Crippen LogP contribution in [-0.2, 0) is 0 Å². The quantitative estimate of drug-likeness (QED) is 0.628. The Hall–Kier alpha value is -3.61. The number of hydrogen-bond acceptors (Lipinski definition) is 6. The summed E-state index contributed by atoms with van der Waals surface area (Å²) in [6, 6.07) is 16.5. The standard InChI is InChI=1S/C21H21N3O4/c1-3-26-20-18(14-22-21(24-20)27-4-2)23-19(25)15-10-12-17(13-11-15)28-16-8-6-5-7-9-16/h5-14H,3-4H2,1-2H3,(H,23,25). The van der Waals surface area contributed by atoms with Crippen molar-refractivity contribution < 1.29 is 19.0 Å². The molecule has 0 fully saturated rings. The Morgan fingerprint density at radius 3 is 2.29 bits per heavy atom. The van der Waals surface area contributed by atoms with Crippen molar-refractivity contribution in [2.75, 3.05) is 18.5 Å². The van der Waals surface area contributed by atoms with E-state index in [-0.39, 0.29) is 17.8 Å². The van der Waals surface area contributed by atoms with Gasteiger partial charge in [0.05, 0.1) is 19.4 Å². The molecule has 7 heteroatoms. The van der Waals surface area contributed by atoms with E-state index < -0.39 is 0 Å². The lowest BCUT2D eigenvalue weighted by Crippen LogP contribution is -2.14. The van der Waals surface area contributed by atoms with Gasteiger partial charge in [0.2, 0.25) is 5.88 Å². The lowest BCUT2D eigenvalue weighted by molar-refractivity contribution is 0.102. The fourth-order valence-electron chi connectivity index (χ4n) is 2.38. The first-order chi connectivity index (χ1) is 13.7. The van der Waals surface area contributed by atoms with Crippen LogP contribution in [0.25, 0.3) is 0 Å². The average molecular weight is 379 g/mol. The van der Waals surface area contributed by atoms with Gasteiger partial charge in [0.25, 0.3) is 5.91 Å². The van der Waals surface area contributed by atoms with Crippen LogP contribution in [0, 0.1) is 0 Å². The largest absolute Gasteiger partial charge is 0.476 e. The molecule has 3 rings (SSSR count). The van der Waals surface area contributed by atoms with Gasteiger partial charge >= 0.3 is 6.01 Å². The van der Waals surface area contributed by atoms with Gasteiger partial charge in [0.15, 0.2) is 0 Å². The van der Waals surface area contributed by atoms with Gasteiger partial charge in [-0.25, -0.2) is 4.98 Å². The van der Waals surface area contributed by atoms with Crippen LogP contribution >= 0.6 is 0 Å². The molecule has 1 N–H and O–H groups in total. The maximum atomic E-state index is 12.6. The van der Waals surface area contributed by atoms with Crippen LogP contribution < -0.4 is 19.5 Å². The minimum Gasteiger partial charge on any atom is -0.476 e. The van der Waals surface area contributed by atoms with Gasteiger partial charge in [-0.15, -0.1) is 0 Å². The molecule has 1 aromatic heterocycles. The summed E-state index contributed by atoms with van der Waals surface area (Å²) in [6.45, 7) is 4.51. The van der Waals surface area contributed by atoms with E-state index >= 15 is 0 Å². The van der Waals surface area contributed by atoms with Crippen molar-refractivity contribution in [3.63, 3.8) is 0 Å². The van der Waals surface area contributed by atoms with Crippen molar-refractivity contribution in [3.05, 3.63) is 66.4 Å². The Morgan fingerprint density at radius 2 is 1.61 bits per heavy atom. The lowest BCUT2D eigenvalue weighted by Gasteiger charge is -2.12. The molecular formula is C21H21N3O4. The Balaban J connectivity index is 1.70. The highest BCUT2D eigenvalue weighted by Gasteiger charge is 2.14. The first-order valence-corrected chi connectivity index (χ1v) is 8.96. The third kappa shape index (κ3) is 4.97. The second kappa shape index (κ2) is 9.36. The molecule has 28 heavy (non-hydrogen) atoms. The van der Waals surface area contributed by atoms with Crippen LogP contribution in [-0.4, -0.2) is 29.1 Å². The van der Waals surface area contributed by atoms with E-state index in [0.29, 0.717) is 30.2 Å². The van der Waals surface area contributed by atoms with Gasteiger partial charge in [0, 0.05) is 5.56 Å². The number of benzene rings is 2. The van der Waals surface area contributed by atoms with E-state index in [9.17, 15) is 4.79 Å². The summed E-state index contributed by atoms with van der Waals surface area (Å²) in [6.07, 6.45) is 1.47. The molecule has 0 atom stereocenters. The molecule has 0 aliphatic rings. The van der Waals surface area contributed by atoms with Crippen molar-refractivity contribution in [2.24, 2.45) is 0 Å². The number of nitrogens with one attached hydrogen (secondary N) is 1. The normalized spacial score (nSPS) is 10.2. The van der Waals surface area contributed by atoms with Gasteiger partial charge in [-0.3, -0.25) is 4.79 Å². The number of rotatable bonds is 8. The second-order valence-corrected chi connectivity index (χ2v) is 5.63. The number of amides is 1. The van der Waals surface area contributed by atoms with Crippen molar-refractivity contribution in [3.8, 4) is 23.4 Å². The van der Waals surface area contributed by atoms with Gasteiger partial charge in [-0.2, -0.15) is 4.98 Å². The highest BCUT2D eigenvalue weighted by atomic mass is 16.5. The molecule has 0 aliphatic heterocycles. The van der Waals surface area contributed by atoms with Crippen molar-refractivity contribution in [1.82, 2.24) is 9.97 Å². The first-order valence-electron chi connectivity index (χ1n) is 8.96. The van der Waals surface area contributed by atoms with Crippen LogP contribution in [0.1, 0.15) is 24.2 Å². The van der Waals surface area contributed by atoms with Gasteiger partial charge in [0.1, 0.15) is 17.2 Å². The monoisotopic (exact) mass is 379 g/mol. The molecule has 144 valence electrons. The molecular weight excluding hydrogens is 358 g/mol. The van der Waals surface area contributed by atoms with Crippen LogP contribution in [0.15, 0.2) is 60.8 Å². The zero-order valence-electron chi connectivity index (χ0n) is 15.7. The van der Waals surface area contributed by atoms with Crippen LogP contribution in [0.2, 0.25) is 0 Å². The summed E-state index contributed by atoms with van der Waals surface area (Å²) in [5, 5.41) is 2.76. The van der Waals surface area contributed by atoms with Crippen LogP contribution in [0.3, 0.4) is 0 Å². The number of carbonyl (C=O) groups is 1. The van der Waals surface area contributed by atoms with Gasteiger partial charge < -0.3 is 19.5 Å². The minimum absolute atomic E-state index is 0.200. The molecule has 0 aliphatic carbocycles. The third-order valence-corrected chi connectivity index (χ3v) is 3.63. The Morgan fingerprint density at radius 1 is 0.929 bits per heavy atom. The number of nitrogens with zero attached hydrogens (tertiary/aromatic N) is 2. The average Bonchev–Trinajstić information content (AvgIpc) is 2.71. The number of anilines is 1. The number of para-hydroxylation sites is 1. The van der Waals surface area contributed by atoms with Gasteiger partial charge in [-0.05, 0) is 50.2 Å². The number of carbonyl (C=O) groups excluding carboxylic acids is 1. The fraction of sp³-hybridized carbons (Fsp3) is 0.190. The zero-order chi connectivity index (χ0) is 19.8. The number of hydrogen-bond donors (Lipinski definition) is 1. The second-order valence-electron chi connectivity index (χ2n) is 5.63. The smallest absolute Gasteiger partial charge is 0.319 e. The third-order valence-electron chi connectivity index (χ3n) is 3.63. The van der Waals surface area contributed by atoms with E-state index in [4.69, 9.17) is 14.2 Å². The van der Waals surface area contributed by atoms with Gasteiger partial charge in [-0.1, -0.05) is 18.2 Å². The SMILES string of the molecule is CCOc1ncc(NC(=O)c2ccc(Oc3ccccc3)cc2)c(OCC)n1. The molecule has 7 nitrogen and oxygen atoms in total. The summed E-state index contributed by atoms with van der Waals surface area (Å²) in [5.41, 5.74) is 0.844. The Bertz CT molecular complexity index is 915. The molecule has 0 saturated carbocycles. The van der Waals surface area contributed by atoms with E-state index in [2.05, 4.69) is 15.3 Å². The number of aromatic nitrogens is 2. The molecule has 1 amide bonds. The molecule has 2 aromatic carbocycles.